The highest BCUT2D eigenvalue weighted by Crippen LogP contribution is 2.23. The van der Waals surface area contributed by atoms with Crippen LogP contribution in [-0.2, 0) is 16.1 Å². The predicted octanol–water partition coefficient (Wildman–Crippen LogP) is 4.54. The van der Waals surface area contributed by atoms with Crippen LogP contribution in [0.5, 0.6) is 0 Å². The quantitative estimate of drug-likeness (QED) is 0.101. The first-order valence-electron chi connectivity index (χ1n) is 14.0. The number of hydrogen-bond donors (Lipinski definition) is 3. The molecule has 0 radical (unpaired) electrons. The van der Waals surface area contributed by atoms with Crippen molar-refractivity contribution in [1.82, 2.24) is 25.3 Å². The molecular formula is C32H37N5O6. The number of rotatable bonds is 11. The van der Waals surface area contributed by atoms with E-state index >= 15 is 0 Å². The van der Waals surface area contributed by atoms with Crippen LogP contribution in [-0.4, -0.2) is 53.8 Å². The number of aromatic nitrogens is 2. The normalized spacial score (nSPS) is 11.1. The summed E-state index contributed by atoms with van der Waals surface area (Å²) in [5, 5.41) is 7.81. The van der Waals surface area contributed by atoms with Crippen LogP contribution in [0.25, 0.3) is 17.0 Å². The molecule has 0 bridgehead atoms. The minimum Gasteiger partial charge on any atom is -0.462 e. The van der Waals surface area contributed by atoms with Gasteiger partial charge in [0.05, 0.1) is 12.2 Å². The number of imidazole rings is 1. The van der Waals surface area contributed by atoms with Gasteiger partial charge < -0.3 is 29.5 Å². The second-order valence-corrected chi connectivity index (χ2v) is 9.40. The summed E-state index contributed by atoms with van der Waals surface area (Å²) in [5.74, 6) is -0.269. The summed E-state index contributed by atoms with van der Waals surface area (Å²) in [7, 11) is 1.56. The molecule has 3 heterocycles. The van der Waals surface area contributed by atoms with E-state index in [4.69, 9.17) is 13.9 Å². The van der Waals surface area contributed by atoms with Crippen molar-refractivity contribution < 1.29 is 28.3 Å². The van der Waals surface area contributed by atoms with Crippen LogP contribution >= 0.6 is 0 Å². The van der Waals surface area contributed by atoms with Gasteiger partial charge in [0.2, 0.25) is 6.41 Å². The van der Waals surface area contributed by atoms with Crippen LogP contribution in [0.1, 0.15) is 69.6 Å². The van der Waals surface area contributed by atoms with E-state index in [9.17, 15) is 14.4 Å². The fourth-order valence-electron chi connectivity index (χ4n) is 3.51. The van der Waals surface area contributed by atoms with Crippen LogP contribution in [0.4, 0.5) is 0 Å². The number of ether oxygens (including phenoxy) is 1. The van der Waals surface area contributed by atoms with Crippen molar-refractivity contribution in [3.8, 4) is 11.3 Å². The smallest absolute Gasteiger partial charge is 0.339 e. The largest absolute Gasteiger partial charge is 0.462 e. The zero-order valence-electron chi connectivity index (χ0n) is 24.4. The number of amides is 3. The fraction of sp³-hybridized carbons (Fsp3) is 0.281. The molecule has 1 aliphatic rings. The molecule has 226 valence electrons. The molecule has 0 saturated heterocycles. The van der Waals surface area contributed by atoms with Gasteiger partial charge in [0, 0.05) is 38.1 Å². The van der Waals surface area contributed by atoms with Crippen LogP contribution in [0.3, 0.4) is 0 Å². The maximum absolute atomic E-state index is 12.7. The molecule has 11 heteroatoms. The van der Waals surface area contributed by atoms with E-state index in [1.807, 2.05) is 31.2 Å². The molecule has 3 N–H and O–H groups in total. The van der Waals surface area contributed by atoms with E-state index in [2.05, 4.69) is 27.5 Å². The number of furan rings is 1. The minimum absolute atomic E-state index is 0.223. The van der Waals surface area contributed by atoms with E-state index in [1.165, 1.54) is 19.3 Å². The van der Waals surface area contributed by atoms with Gasteiger partial charge in [0.15, 0.2) is 5.76 Å². The van der Waals surface area contributed by atoms with Crippen molar-refractivity contribution in [2.45, 2.75) is 39.2 Å². The number of nitrogens with zero attached hydrogens (tertiary/aromatic N) is 2. The lowest BCUT2D eigenvalue weighted by Crippen LogP contribution is -2.23. The van der Waals surface area contributed by atoms with Crippen molar-refractivity contribution >= 4 is 29.8 Å². The van der Waals surface area contributed by atoms with E-state index in [0.717, 1.165) is 11.1 Å². The Morgan fingerprint density at radius 1 is 1.05 bits per heavy atom. The third kappa shape index (κ3) is 10.3. The average molecular weight is 588 g/mol. The summed E-state index contributed by atoms with van der Waals surface area (Å²) in [6.07, 6.45) is 10.5. The van der Waals surface area contributed by atoms with Crippen LogP contribution < -0.4 is 16.0 Å². The third-order valence-electron chi connectivity index (χ3n) is 5.78. The molecule has 4 aromatic rings. The summed E-state index contributed by atoms with van der Waals surface area (Å²) < 4.78 is 12.5. The number of carbonyl (C=O) groups excluding carboxylic acids is 4. The molecule has 0 unspecified atom stereocenters. The molecule has 1 saturated carbocycles. The van der Waals surface area contributed by atoms with Gasteiger partial charge in [-0.05, 0) is 49.2 Å². The molecule has 5 rings (SSSR count). The van der Waals surface area contributed by atoms with Gasteiger partial charge in [0.25, 0.3) is 11.8 Å². The molecular weight excluding hydrogens is 550 g/mol. The molecule has 1 fully saturated rings. The Balaban J connectivity index is 0.000000644. The van der Waals surface area contributed by atoms with Crippen molar-refractivity contribution in [1.29, 1.82) is 0 Å². The topological polar surface area (TPSA) is 144 Å². The molecule has 3 amide bonds. The molecule has 0 atom stereocenters. The monoisotopic (exact) mass is 587 g/mol. The lowest BCUT2D eigenvalue weighted by Gasteiger charge is -2.05. The lowest BCUT2D eigenvalue weighted by atomic mass is 10.1. The first-order valence-corrected chi connectivity index (χ1v) is 14.0. The van der Waals surface area contributed by atoms with Gasteiger partial charge in [-0.3, -0.25) is 14.4 Å². The highest BCUT2D eigenvalue weighted by atomic mass is 16.5. The SMILES string of the molecule is C1CC1.C=CCCOC(=O)c1ccc2nc(C(=O)NCc3cccc(-c4ccc(C(=O)NCC)o4)c3)cn2c1.CNC=O. The summed E-state index contributed by atoms with van der Waals surface area (Å²) in [6.45, 7) is 6.48. The Morgan fingerprint density at radius 2 is 1.81 bits per heavy atom. The fourth-order valence-corrected chi connectivity index (χ4v) is 3.51. The zero-order chi connectivity index (χ0) is 31.0. The minimum atomic E-state index is -0.451. The number of esters is 1. The molecule has 1 aromatic carbocycles. The summed E-state index contributed by atoms with van der Waals surface area (Å²) in [4.78, 5) is 50.2. The summed E-state index contributed by atoms with van der Waals surface area (Å²) >= 11 is 0. The second-order valence-electron chi connectivity index (χ2n) is 9.40. The number of pyridine rings is 1. The number of benzene rings is 1. The Bertz CT molecular complexity index is 1540. The lowest BCUT2D eigenvalue weighted by molar-refractivity contribution is -0.109. The standard InChI is InChI=1S/C27H26N4O5.C3H6.C2H5NO/c1-3-5-13-35-27(34)20-9-12-24-30-21(17-31(24)16-20)25(32)29-15-18-7-6-8-19(14-18)22-10-11-23(36-22)26(33)28-4-2;1-2-3-1;1-3-2-4/h3,6-12,14,16-17H,1,4-5,13,15H2,2H3,(H,28,33)(H,29,32);1-3H2;2H,1H3,(H,3,4). The molecule has 43 heavy (non-hydrogen) atoms. The van der Waals surface area contributed by atoms with Gasteiger partial charge in [-0.1, -0.05) is 43.5 Å². The molecule has 11 nitrogen and oxygen atoms in total. The second kappa shape index (κ2) is 16.9. The molecule has 0 spiro atoms. The Hall–Kier alpha value is -5.19. The van der Waals surface area contributed by atoms with Crippen molar-refractivity contribution in [3.63, 3.8) is 0 Å². The van der Waals surface area contributed by atoms with Gasteiger partial charge >= 0.3 is 5.97 Å². The van der Waals surface area contributed by atoms with Gasteiger partial charge in [-0.25, -0.2) is 9.78 Å². The van der Waals surface area contributed by atoms with E-state index < -0.39 is 5.97 Å². The number of hydrogen-bond acceptors (Lipinski definition) is 7. The Morgan fingerprint density at radius 3 is 2.49 bits per heavy atom. The summed E-state index contributed by atoms with van der Waals surface area (Å²) in [5.41, 5.74) is 2.76. The Labute approximate surface area is 250 Å². The van der Waals surface area contributed by atoms with E-state index in [1.54, 1.807) is 54.2 Å². The van der Waals surface area contributed by atoms with Crippen molar-refractivity contribution in [2.75, 3.05) is 20.2 Å². The maximum atomic E-state index is 12.7. The molecule has 3 aromatic heterocycles. The molecule has 1 aliphatic carbocycles. The van der Waals surface area contributed by atoms with E-state index in [0.29, 0.717) is 36.3 Å². The highest BCUT2D eigenvalue weighted by Gasteiger charge is 2.15. The predicted molar refractivity (Wildman–Crippen MR) is 163 cm³/mol. The number of carbonyl (C=O) groups is 4. The first-order chi connectivity index (χ1) is 20.9. The van der Waals surface area contributed by atoms with Crippen molar-refractivity contribution in [2.24, 2.45) is 0 Å². The highest BCUT2D eigenvalue weighted by molar-refractivity contribution is 5.93. The molecule has 0 aliphatic heterocycles. The number of fused-ring (bicyclic) bond motifs is 1. The average Bonchev–Trinajstić information content (AvgIpc) is 3.71. The van der Waals surface area contributed by atoms with Crippen LogP contribution in [0.2, 0.25) is 0 Å². The van der Waals surface area contributed by atoms with Crippen LogP contribution in [0, 0.1) is 0 Å². The van der Waals surface area contributed by atoms with Crippen molar-refractivity contribution in [3.05, 3.63) is 96.2 Å². The third-order valence-corrected chi connectivity index (χ3v) is 5.78. The van der Waals surface area contributed by atoms with Gasteiger partial charge in [0.1, 0.15) is 17.1 Å². The van der Waals surface area contributed by atoms with E-state index in [-0.39, 0.29) is 36.4 Å². The maximum Gasteiger partial charge on any atom is 0.339 e. The van der Waals surface area contributed by atoms with Gasteiger partial charge in [-0.2, -0.15) is 0 Å². The first kappa shape index (κ1) is 32.3. The van der Waals surface area contributed by atoms with Crippen LogP contribution in [0.15, 0.2) is 78.0 Å². The Kier molecular flexibility index (Phi) is 12.7. The summed E-state index contributed by atoms with van der Waals surface area (Å²) in [6, 6.07) is 14.1. The zero-order valence-corrected chi connectivity index (χ0v) is 24.4. The number of nitrogens with one attached hydrogen (secondary N) is 3. The van der Waals surface area contributed by atoms with Gasteiger partial charge in [-0.15, -0.1) is 6.58 Å².